The van der Waals surface area contributed by atoms with Crippen LogP contribution in [0.5, 0.6) is 11.5 Å². The number of ether oxygens (including phenoxy) is 1. The van der Waals surface area contributed by atoms with Crippen molar-refractivity contribution in [3.63, 3.8) is 0 Å². The molecule has 0 unspecified atom stereocenters. The Morgan fingerprint density at radius 2 is 2.35 bits per heavy atom. The summed E-state index contributed by atoms with van der Waals surface area (Å²) in [6.07, 6.45) is -5.74. The second-order valence-electron chi connectivity index (χ2n) is 5.75. The molecule has 1 aromatic carbocycles. The Balaban J connectivity index is 2.69. The second-order valence-corrected chi connectivity index (χ2v) is 5.75. The van der Waals surface area contributed by atoms with Crippen LogP contribution in [0.1, 0.15) is 97.2 Å². The van der Waals surface area contributed by atoms with Crippen molar-refractivity contribution in [2.24, 2.45) is 5.89 Å². The zero-order valence-corrected chi connectivity index (χ0v) is 13.2. The van der Waals surface area contributed by atoms with Crippen molar-refractivity contribution >= 4 is 0 Å². The van der Waals surface area contributed by atoms with Crippen LogP contribution < -0.4 is 4.74 Å². The van der Waals surface area contributed by atoms with E-state index in [-0.39, 0.29) is 12.0 Å². The number of phenolic OH excluding ortho intramolecular Hbond substituents is 1. The Bertz CT molecular complexity index is 1170. The molecule has 2 nitrogen and oxygen atoms in total. The van der Waals surface area contributed by atoms with Gasteiger partial charge in [0.05, 0.1) is 4.11 Å². The molecule has 126 valence electrons. The maximum absolute atomic E-state index is 11.2. The number of hydrogen-bond acceptors (Lipinski definition) is 2. The quantitative estimate of drug-likeness (QED) is 0.714. The summed E-state index contributed by atoms with van der Waals surface area (Å²) in [6.45, 7) is -4.67. The van der Waals surface area contributed by atoms with Gasteiger partial charge in [0.2, 0.25) is 0 Å². The van der Waals surface area contributed by atoms with Gasteiger partial charge in [0.25, 0.3) is 0 Å². The first-order valence-corrected chi connectivity index (χ1v) is 7.65. The molecular weight excluding hydrogens is 284 g/mol. The standard InChI is InChI=1S/C21H30O2/c1-5-6-7-8-15-12-18(22)20-16-11-14(2)9-10-17(16)21(3,4)23-19(20)13-15/h11-13,16-17,22H,5-10H2,1-4H3/t16-,17-/m1/s1/i3D3,4D3,8D2,10D2,11D,12D,13D,16D,17D. The number of fused-ring (bicyclic) bond motifs is 3. The van der Waals surface area contributed by atoms with Gasteiger partial charge in [-0.3, -0.25) is 0 Å². The summed E-state index contributed by atoms with van der Waals surface area (Å²) in [7, 11) is 0. The predicted octanol–water partition coefficient (Wildman–Crippen LogP) is 5.74. The lowest BCUT2D eigenvalue weighted by Gasteiger charge is -2.46. The van der Waals surface area contributed by atoms with Gasteiger partial charge in [0, 0.05) is 33.8 Å². The van der Waals surface area contributed by atoms with Crippen molar-refractivity contribution in [2.45, 2.75) is 77.5 Å². The van der Waals surface area contributed by atoms with Gasteiger partial charge in [-0.1, -0.05) is 31.4 Å². The highest BCUT2D eigenvalue weighted by Gasteiger charge is 2.45. The van der Waals surface area contributed by atoms with E-state index in [0.29, 0.717) is 12.8 Å². The van der Waals surface area contributed by atoms with Crippen LogP contribution in [-0.4, -0.2) is 10.7 Å². The Kier molecular flexibility index (Phi) is 1.66. The molecule has 0 saturated carbocycles. The largest absolute Gasteiger partial charge is 0.507 e. The Labute approximate surface area is 161 Å². The zero-order valence-electron chi connectivity index (χ0n) is 28.2. The number of unbranched alkanes of at least 4 members (excludes halogenated alkanes) is 1. The molecule has 1 aromatic rings. The normalized spacial score (nSPS) is 45.4. The van der Waals surface area contributed by atoms with Gasteiger partial charge < -0.3 is 9.84 Å². The summed E-state index contributed by atoms with van der Waals surface area (Å²) in [5.74, 6) is -9.20. The van der Waals surface area contributed by atoms with E-state index in [9.17, 15) is 7.85 Å². The lowest BCUT2D eigenvalue weighted by molar-refractivity contribution is 0.0107. The number of hydrogen-bond donors (Lipinski definition) is 1. The molecule has 0 saturated heterocycles. The van der Waals surface area contributed by atoms with Crippen LogP contribution in [0.4, 0.5) is 0 Å². The predicted molar refractivity (Wildman–Crippen MR) is 95.3 cm³/mol. The van der Waals surface area contributed by atoms with E-state index in [1.807, 2.05) is 0 Å². The molecule has 2 aliphatic rings. The lowest BCUT2D eigenvalue weighted by Crippen LogP contribution is -2.45. The molecule has 0 spiro atoms. The van der Waals surface area contributed by atoms with Gasteiger partial charge >= 0.3 is 0 Å². The minimum absolute atomic E-state index is 0.134. The third kappa shape index (κ3) is 3.13. The third-order valence-corrected chi connectivity index (χ3v) is 3.75. The molecule has 3 rings (SSSR count). The molecule has 1 heterocycles. The molecule has 0 radical (unpaired) electrons. The van der Waals surface area contributed by atoms with Crippen molar-refractivity contribution < 1.29 is 30.4 Å². The van der Waals surface area contributed by atoms with E-state index in [0.717, 1.165) is 0 Å². The highest BCUT2D eigenvalue weighted by Crippen LogP contribution is 2.53. The first-order valence-electron chi connectivity index (χ1n) is 15.1. The molecular formula is C21H30O2. The third-order valence-electron chi connectivity index (χ3n) is 3.75. The van der Waals surface area contributed by atoms with E-state index in [4.69, 9.17) is 22.6 Å². The summed E-state index contributed by atoms with van der Waals surface area (Å²) in [4.78, 5) is 0. The minimum atomic E-state index is -3.84. The van der Waals surface area contributed by atoms with E-state index in [1.165, 1.54) is 6.92 Å². The first-order chi connectivity index (χ1) is 16.9. The van der Waals surface area contributed by atoms with Crippen LogP contribution in [0.15, 0.2) is 23.7 Å². The molecule has 1 aliphatic carbocycles. The van der Waals surface area contributed by atoms with Crippen LogP contribution in [-0.2, 0) is 6.37 Å². The maximum Gasteiger partial charge on any atom is 0.127 e. The van der Waals surface area contributed by atoms with Gasteiger partial charge in [-0.15, -0.1) is 0 Å². The number of rotatable bonds is 4. The average molecular weight is 330 g/mol. The van der Waals surface area contributed by atoms with Crippen LogP contribution in [0.3, 0.4) is 0 Å². The van der Waals surface area contributed by atoms with Crippen molar-refractivity contribution in [1.29, 1.82) is 0 Å². The van der Waals surface area contributed by atoms with Gasteiger partial charge in [-0.25, -0.2) is 0 Å². The molecule has 23 heavy (non-hydrogen) atoms. The zero-order chi connectivity index (χ0) is 29.7. The molecule has 0 bridgehead atoms. The van der Waals surface area contributed by atoms with Crippen molar-refractivity contribution in [3.8, 4) is 11.5 Å². The Morgan fingerprint density at radius 3 is 3.09 bits per heavy atom. The van der Waals surface area contributed by atoms with E-state index in [1.54, 1.807) is 6.92 Å². The first kappa shape index (κ1) is 6.13. The van der Waals surface area contributed by atoms with Gasteiger partial charge in [0.1, 0.15) is 17.1 Å². The summed E-state index contributed by atoms with van der Waals surface area (Å²) in [5, 5.41) is 11.2. The fourth-order valence-electron chi connectivity index (χ4n) is 2.60. The van der Waals surface area contributed by atoms with Crippen LogP contribution in [0.2, 0.25) is 0 Å². The van der Waals surface area contributed by atoms with Crippen molar-refractivity contribution in [2.75, 3.05) is 0 Å². The monoisotopic (exact) mass is 329 g/mol. The fourth-order valence-corrected chi connectivity index (χ4v) is 2.60. The van der Waals surface area contributed by atoms with E-state index < -0.39 is 91.0 Å². The number of phenols is 1. The summed E-state index contributed by atoms with van der Waals surface area (Å²) < 4.78 is 134. The van der Waals surface area contributed by atoms with Crippen molar-refractivity contribution in [3.05, 3.63) is 34.8 Å². The maximum atomic E-state index is 11.2. The van der Waals surface area contributed by atoms with Crippen LogP contribution in [0, 0.1) is 5.89 Å². The van der Waals surface area contributed by atoms with Gasteiger partial charge in [-0.2, -0.15) is 0 Å². The van der Waals surface area contributed by atoms with Crippen LogP contribution >= 0.6 is 0 Å². The van der Waals surface area contributed by atoms with Crippen LogP contribution in [0.25, 0.3) is 0 Å². The molecule has 1 N–H and O–H groups in total. The molecule has 0 fully saturated rings. The molecule has 1 aliphatic heterocycles. The van der Waals surface area contributed by atoms with E-state index >= 15 is 0 Å². The molecule has 0 amide bonds. The van der Waals surface area contributed by atoms with E-state index in [2.05, 4.69) is 0 Å². The topological polar surface area (TPSA) is 29.5 Å². The molecule has 2 heteroatoms. The van der Waals surface area contributed by atoms with Gasteiger partial charge in [0.15, 0.2) is 0 Å². The Morgan fingerprint density at radius 1 is 1.52 bits per heavy atom. The highest BCUT2D eigenvalue weighted by atomic mass is 16.5. The minimum Gasteiger partial charge on any atom is -0.507 e. The number of benzene rings is 1. The molecule has 0 aromatic heterocycles. The Hall–Kier alpha value is -1.44. The smallest absolute Gasteiger partial charge is 0.127 e. The number of aromatic hydroxyl groups is 1. The SMILES string of the molecule is [2H]C1=C(C)CC([2H])([2H])[C@@]2([2H])C(C([2H])([2H])[2H])(C([2H])([2H])[2H])Oc3c([2H])c(C([2H])([2H])CCCC)c([2H])c(O)c3[C@]12[2H]. The second kappa shape index (κ2) is 6.22. The summed E-state index contributed by atoms with van der Waals surface area (Å²) in [5.41, 5.74) is -5.68. The van der Waals surface area contributed by atoms with Gasteiger partial charge in [-0.05, 0) is 63.9 Å². The highest BCUT2D eigenvalue weighted by molar-refractivity contribution is 5.53. The fraction of sp³-hybridized carbons (Fsp3) is 0.619. The summed E-state index contributed by atoms with van der Waals surface area (Å²) >= 11 is 0. The summed E-state index contributed by atoms with van der Waals surface area (Å²) in [6, 6.07) is -2.85. The lowest BCUT2D eigenvalue weighted by atomic mass is 9.68. The number of allylic oxidation sites excluding steroid dienone is 2. The molecule has 2 atom stereocenters. The average Bonchev–Trinajstić information content (AvgIpc) is 2.74. The van der Waals surface area contributed by atoms with Crippen molar-refractivity contribution in [1.82, 2.24) is 0 Å².